The quantitative estimate of drug-likeness (QED) is 0.750. The molecule has 0 fully saturated rings. The number of ether oxygens (including phenoxy) is 2. The smallest absolute Gasteiger partial charge is 0.215 e. The number of aromatic nitrogens is 4. The molecule has 1 N–H and O–H groups in total. The van der Waals surface area contributed by atoms with E-state index in [-0.39, 0.29) is 6.10 Å². The third-order valence-electron chi connectivity index (χ3n) is 3.14. The van der Waals surface area contributed by atoms with Crippen LogP contribution in [-0.4, -0.2) is 32.7 Å². The van der Waals surface area contributed by atoms with Crippen molar-refractivity contribution in [2.24, 2.45) is 0 Å². The zero-order valence-electron chi connectivity index (χ0n) is 13.8. The lowest BCUT2D eigenvalue weighted by Crippen LogP contribution is -2.07. The first kappa shape index (κ1) is 15.8. The topological polar surface area (TPSA) is 74.1 Å². The van der Waals surface area contributed by atoms with Crippen molar-refractivity contribution in [3.05, 3.63) is 49.1 Å². The Balaban J connectivity index is 1.73. The summed E-state index contributed by atoms with van der Waals surface area (Å²) < 4.78 is 12.5. The fraction of sp³-hybridized carbons (Fsp3) is 0.235. The number of hydrogen-bond donors (Lipinski definition) is 1. The molecule has 0 amide bonds. The Labute approximate surface area is 140 Å². The van der Waals surface area contributed by atoms with E-state index in [1.807, 2.05) is 54.9 Å². The molecule has 0 saturated carbocycles. The van der Waals surface area contributed by atoms with Crippen molar-refractivity contribution in [1.29, 1.82) is 0 Å². The summed E-state index contributed by atoms with van der Waals surface area (Å²) in [6, 6.07) is 9.28. The van der Waals surface area contributed by atoms with E-state index in [1.54, 1.807) is 19.6 Å². The van der Waals surface area contributed by atoms with Gasteiger partial charge < -0.3 is 14.8 Å². The Kier molecular flexibility index (Phi) is 4.60. The third kappa shape index (κ3) is 3.81. The molecule has 0 unspecified atom stereocenters. The van der Waals surface area contributed by atoms with E-state index in [2.05, 4.69) is 20.3 Å². The van der Waals surface area contributed by atoms with Crippen molar-refractivity contribution in [3.8, 4) is 17.4 Å². The minimum absolute atomic E-state index is 0.0769. The normalized spacial score (nSPS) is 10.7. The van der Waals surface area contributed by atoms with E-state index in [0.717, 1.165) is 5.82 Å². The van der Waals surface area contributed by atoms with Crippen LogP contribution in [0.2, 0.25) is 0 Å². The monoisotopic (exact) mass is 325 g/mol. The van der Waals surface area contributed by atoms with E-state index < -0.39 is 0 Å². The molecule has 0 aliphatic heterocycles. The molecular weight excluding hydrogens is 306 g/mol. The molecule has 24 heavy (non-hydrogen) atoms. The Morgan fingerprint density at radius 2 is 1.96 bits per heavy atom. The van der Waals surface area contributed by atoms with Gasteiger partial charge in [0.05, 0.1) is 25.6 Å². The minimum atomic E-state index is 0.0769. The standard InChI is InChI=1S/C17H19N5O2/c1-12(2)24-17-6-4-5-14(21-17)20-15-10-22(11-19-15)16-8-7-13(23-3)9-18-16/h4-12H,1-3H3,(H,20,21). The molecule has 0 aliphatic rings. The van der Waals surface area contributed by atoms with Crippen molar-refractivity contribution in [2.45, 2.75) is 20.0 Å². The molecule has 3 heterocycles. The van der Waals surface area contributed by atoms with Gasteiger partial charge in [-0.3, -0.25) is 4.57 Å². The lowest BCUT2D eigenvalue weighted by molar-refractivity contribution is 0.233. The third-order valence-corrected chi connectivity index (χ3v) is 3.14. The van der Waals surface area contributed by atoms with Crippen LogP contribution in [0.1, 0.15) is 13.8 Å². The van der Waals surface area contributed by atoms with E-state index in [1.165, 1.54) is 0 Å². The molecule has 3 aromatic heterocycles. The maximum atomic E-state index is 5.59. The van der Waals surface area contributed by atoms with Crippen LogP contribution >= 0.6 is 0 Å². The highest BCUT2D eigenvalue weighted by atomic mass is 16.5. The molecule has 0 saturated heterocycles. The lowest BCUT2D eigenvalue weighted by Gasteiger charge is -2.09. The highest BCUT2D eigenvalue weighted by Gasteiger charge is 2.05. The van der Waals surface area contributed by atoms with Crippen LogP contribution in [0.4, 0.5) is 11.6 Å². The largest absolute Gasteiger partial charge is 0.495 e. The fourth-order valence-electron chi connectivity index (χ4n) is 2.08. The molecule has 3 aromatic rings. The molecule has 7 nitrogen and oxygen atoms in total. The highest BCUT2D eigenvalue weighted by Crippen LogP contribution is 2.18. The number of pyridine rings is 2. The van der Waals surface area contributed by atoms with Crippen molar-refractivity contribution in [1.82, 2.24) is 19.5 Å². The van der Waals surface area contributed by atoms with Crippen LogP contribution in [0.15, 0.2) is 49.1 Å². The van der Waals surface area contributed by atoms with Gasteiger partial charge in [-0.15, -0.1) is 0 Å². The van der Waals surface area contributed by atoms with Crippen LogP contribution in [-0.2, 0) is 0 Å². The fourth-order valence-corrected chi connectivity index (χ4v) is 2.08. The Morgan fingerprint density at radius 1 is 1.08 bits per heavy atom. The first-order valence-corrected chi connectivity index (χ1v) is 7.59. The average molecular weight is 325 g/mol. The zero-order valence-corrected chi connectivity index (χ0v) is 13.8. The molecule has 0 spiro atoms. The number of methoxy groups -OCH3 is 1. The van der Waals surface area contributed by atoms with Gasteiger partial charge in [0.1, 0.15) is 29.5 Å². The van der Waals surface area contributed by atoms with E-state index in [0.29, 0.717) is 23.3 Å². The molecule has 0 aliphatic carbocycles. The van der Waals surface area contributed by atoms with Crippen LogP contribution in [0.3, 0.4) is 0 Å². The highest BCUT2D eigenvalue weighted by molar-refractivity contribution is 5.52. The summed E-state index contributed by atoms with van der Waals surface area (Å²) in [7, 11) is 1.61. The van der Waals surface area contributed by atoms with Gasteiger partial charge in [0.15, 0.2) is 0 Å². The number of anilines is 2. The van der Waals surface area contributed by atoms with Crippen LogP contribution < -0.4 is 14.8 Å². The first-order valence-electron chi connectivity index (χ1n) is 7.59. The van der Waals surface area contributed by atoms with Crippen LogP contribution in [0.5, 0.6) is 11.6 Å². The molecule has 3 rings (SSSR count). The van der Waals surface area contributed by atoms with Gasteiger partial charge in [-0.05, 0) is 32.0 Å². The Hall–Kier alpha value is -3.09. The number of imidazole rings is 1. The second kappa shape index (κ2) is 6.99. The van der Waals surface area contributed by atoms with E-state index in [4.69, 9.17) is 9.47 Å². The molecule has 7 heteroatoms. The summed E-state index contributed by atoms with van der Waals surface area (Å²) in [6.07, 6.45) is 5.27. The molecule has 0 atom stereocenters. The van der Waals surface area contributed by atoms with Gasteiger partial charge in [-0.25, -0.2) is 9.97 Å². The zero-order chi connectivity index (χ0) is 16.9. The summed E-state index contributed by atoms with van der Waals surface area (Å²) in [5.41, 5.74) is 0. The predicted octanol–water partition coefficient (Wildman–Crippen LogP) is 3.20. The Bertz CT molecular complexity index is 799. The average Bonchev–Trinajstić information content (AvgIpc) is 3.03. The second-order valence-corrected chi connectivity index (χ2v) is 5.38. The predicted molar refractivity (Wildman–Crippen MR) is 91.2 cm³/mol. The summed E-state index contributed by atoms with van der Waals surface area (Å²) in [5.74, 6) is 3.37. The van der Waals surface area contributed by atoms with Crippen molar-refractivity contribution >= 4 is 11.6 Å². The first-order chi connectivity index (χ1) is 11.6. The van der Waals surface area contributed by atoms with Gasteiger partial charge in [0.2, 0.25) is 5.88 Å². The molecule has 0 radical (unpaired) electrons. The number of rotatable bonds is 6. The summed E-state index contributed by atoms with van der Waals surface area (Å²) in [6.45, 7) is 3.93. The summed E-state index contributed by atoms with van der Waals surface area (Å²) in [5, 5.41) is 3.15. The molecule has 124 valence electrons. The SMILES string of the molecule is COc1ccc(-n2cnc(Nc3cccc(OC(C)C)n3)c2)nc1. The number of nitrogens with one attached hydrogen (secondary N) is 1. The lowest BCUT2D eigenvalue weighted by atomic mass is 10.4. The van der Waals surface area contributed by atoms with Crippen LogP contribution in [0.25, 0.3) is 5.82 Å². The van der Waals surface area contributed by atoms with E-state index >= 15 is 0 Å². The van der Waals surface area contributed by atoms with Gasteiger partial charge in [0, 0.05) is 6.07 Å². The minimum Gasteiger partial charge on any atom is -0.495 e. The van der Waals surface area contributed by atoms with Crippen molar-refractivity contribution < 1.29 is 9.47 Å². The van der Waals surface area contributed by atoms with Crippen molar-refractivity contribution in [3.63, 3.8) is 0 Å². The number of hydrogen-bond acceptors (Lipinski definition) is 6. The number of nitrogens with zero attached hydrogens (tertiary/aromatic N) is 4. The van der Waals surface area contributed by atoms with Crippen LogP contribution in [0, 0.1) is 0 Å². The van der Waals surface area contributed by atoms with Gasteiger partial charge in [0.25, 0.3) is 0 Å². The Morgan fingerprint density at radius 3 is 2.67 bits per heavy atom. The molecular formula is C17H19N5O2. The van der Waals surface area contributed by atoms with Gasteiger partial charge in [-0.2, -0.15) is 4.98 Å². The maximum Gasteiger partial charge on any atom is 0.215 e. The molecule has 0 bridgehead atoms. The molecule has 0 aromatic carbocycles. The van der Waals surface area contributed by atoms with Crippen molar-refractivity contribution in [2.75, 3.05) is 12.4 Å². The second-order valence-electron chi connectivity index (χ2n) is 5.38. The summed E-state index contributed by atoms with van der Waals surface area (Å²) in [4.78, 5) is 13.0. The van der Waals surface area contributed by atoms with Gasteiger partial charge in [-0.1, -0.05) is 6.07 Å². The van der Waals surface area contributed by atoms with Gasteiger partial charge >= 0.3 is 0 Å². The summed E-state index contributed by atoms with van der Waals surface area (Å²) >= 11 is 0. The maximum absolute atomic E-state index is 5.59. The van der Waals surface area contributed by atoms with E-state index in [9.17, 15) is 0 Å².